The molecule has 0 amide bonds. The number of carbonyl (C=O) groups is 1. The van der Waals surface area contributed by atoms with E-state index >= 15 is 0 Å². The van der Waals surface area contributed by atoms with Crippen molar-refractivity contribution < 1.29 is 32.5 Å². The van der Waals surface area contributed by atoms with E-state index < -0.39 is 23.8 Å². The van der Waals surface area contributed by atoms with Gasteiger partial charge in [0.25, 0.3) is 0 Å². The van der Waals surface area contributed by atoms with Crippen molar-refractivity contribution in [2.45, 2.75) is 38.5 Å². The Balaban J connectivity index is 1.92. The molecule has 2 unspecified atom stereocenters. The van der Waals surface area contributed by atoms with Gasteiger partial charge in [0.1, 0.15) is 17.2 Å². The molecule has 0 saturated carbocycles. The number of carboxylic acids is 1. The Morgan fingerprint density at radius 1 is 1.28 bits per heavy atom. The first-order valence-corrected chi connectivity index (χ1v) is 9.27. The van der Waals surface area contributed by atoms with Crippen molar-refractivity contribution >= 4 is 23.6 Å². The van der Waals surface area contributed by atoms with Gasteiger partial charge in [-0.25, -0.2) is 4.79 Å². The van der Waals surface area contributed by atoms with Crippen molar-refractivity contribution in [3.63, 3.8) is 0 Å². The van der Waals surface area contributed by atoms with Gasteiger partial charge in [-0.15, -0.1) is 0 Å². The van der Waals surface area contributed by atoms with Crippen molar-refractivity contribution in [2.75, 3.05) is 0 Å². The lowest BCUT2D eigenvalue weighted by Crippen LogP contribution is -2.40. The third-order valence-electron chi connectivity index (χ3n) is 4.74. The molecule has 0 fully saturated rings. The number of aliphatic carboxylic acids is 1. The van der Waals surface area contributed by atoms with Gasteiger partial charge in [0.2, 0.25) is 6.10 Å². The first-order chi connectivity index (χ1) is 13.6. The highest BCUT2D eigenvalue weighted by Gasteiger charge is 2.48. The summed E-state index contributed by atoms with van der Waals surface area (Å²) in [6.45, 7) is 4.18. The SMILES string of the molecule is CCC(C)c1ccc(Oc2cc3c(cc2Cl)C=C(C(=O)O)C(C(F)(F)F)O3)cc1. The Hall–Kier alpha value is -2.67. The first-order valence-electron chi connectivity index (χ1n) is 8.89. The number of hydrogen-bond acceptors (Lipinski definition) is 3. The van der Waals surface area contributed by atoms with E-state index in [0.29, 0.717) is 11.7 Å². The number of ether oxygens (including phenoxy) is 2. The van der Waals surface area contributed by atoms with Crippen molar-refractivity contribution in [3.05, 3.63) is 58.1 Å². The first kappa shape index (κ1) is 21.0. The van der Waals surface area contributed by atoms with E-state index in [1.807, 2.05) is 12.1 Å². The smallest absolute Gasteiger partial charge is 0.430 e. The molecule has 154 valence electrons. The predicted molar refractivity (Wildman–Crippen MR) is 103 cm³/mol. The van der Waals surface area contributed by atoms with Crippen LogP contribution in [0.2, 0.25) is 5.02 Å². The van der Waals surface area contributed by atoms with Gasteiger partial charge in [0.15, 0.2) is 0 Å². The molecule has 0 aromatic heterocycles. The average molecular weight is 427 g/mol. The summed E-state index contributed by atoms with van der Waals surface area (Å²) in [6.07, 6.45) is -5.55. The van der Waals surface area contributed by atoms with Gasteiger partial charge in [-0.1, -0.05) is 37.6 Å². The molecule has 2 aromatic rings. The van der Waals surface area contributed by atoms with E-state index in [0.717, 1.165) is 18.1 Å². The molecular formula is C21H18ClF3O4. The summed E-state index contributed by atoms with van der Waals surface area (Å²) >= 11 is 6.19. The van der Waals surface area contributed by atoms with E-state index in [-0.39, 0.29) is 22.1 Å². The number of alkyl halides is 3. The van der Waals surface area contributed by atoms with Gasteiger partial charge in [-0.3, -0.25) is 0 Å². The van der Waals surface area contributed by atoms with Crippen molar-refractivity contribution in [1.82, 2.24) is 0 Å². The van der Waals surface area contributed by atoms with Crippen LogP contribution in [0.1, 0.15) is 37.3 Å². The minimum atomic E-state index is -4.88. The second kappa shape index (κ2) is 7.99. The molecule has 29 heavy (non-hydrogen) atoms. The number of halogens is 4. The lowest BCUT2D eigenvalue weighted by Gasteiger charge is -2.27. The third kappa shape index (κ3) is 4.50. The van der Waals surface area contributed by atoms with Crippen LogP contribution in [0.25, 0.3) is 6.08 Å². The summed E-state index contributed by atoms with van der Waals surface area (Å²) in [6, 6.07) is 9.86. The minimum Gasteiger partial charge on any atom is -0.478 e. The number of hydrogen-bond donors (Lipinski definition) is 1. The van der Waals surface area contributed by atoms with E-state index in [9.17, 15) is 18.0 Å². The van der Waals surface area contributed by atoms with Gasteiger partial charge in [0.05, 0.1) is 10.6 Å². The van der Waals surface area contributed by atoms with Gasteiger partial charge < -0.3 is 14.6 Å². The predicted octanol–water partition coefficient (Wildman–Crippen LogP) is 6.44. The monoisotopic (exact) mass is 426 g/mol. The van der Waals surface area contributed by atoms with E-state index in [4.69, 9.17) is 26.2 Å². The average Bonchev–Trinajstić information content (AvgIpc) is 2.66. The fraction of sp³-hybridized carbons (Fsp3) is 0.286. The molecule has 1 aliphatic heterocycles. The van der Waals surface area contributed by atoms with Gasteiger partial charge in [-0.2, -0.15) is 13.2 Å². The zero-order chi connectivity index (χ0) is 21.3. The molecule has 8 heteroatoms. The van der Waals surface area contributed by atoms with Crippen LogP contribution in [0.5, 0.6) is 17.2 Å². The maximum atomic E-state index is 13.2. The molecule has 0 bridgehead atoms. The van der Waals surface area contributed by atoms with Crippen molar-refractivity contribution in [1.29, 1.82) is 0 Å². The van der Waals surface area contributed by atoms with E-state index in [1.165, 1.54) is 12.1 Å². The van der Waals surface area contributed by atoms with Crippen molar-refractivity contribution in [3.8, 4) is 17.2 Å². The summed E-state index contributed by atoms with van der Waals surface area (Å²) in [5.41, 5.74) is 0.363. The van der Waals surface area contributed by atoms with Crippen molar-refractivity contribution in [2.24, 2.45) is 0 Å². The summed E-state index contributed by atoms with van der Waals surface area (Å²) in [5.74, 6) is -0.915. The lowest BCUT2D eigenvalue weighted by molar-refractivity contribution is -0.187. The number of benzene rings is 2. The molecule has 0 radical (unpaired) electrons. The largest absolute Gasteiger partial charge is 0.478 e. The molecule has 0 saturated heterocycles. The molecule has 0 aliphatic carbocycles. The minimum absolute atomic E-state index is 0.106. The Bertz CT molecular complexity index is 952. The topological polar surface area (TPSA) is 55.8 Å². The highest BCUT2D eigenvalue weighted by Crippen LogP contribution is 2.42. The molecule has 2 aromatic carbocycles. The fourth-order valence-corrected chi connectivity index (χ4v) is 3.13. The van der Waals surface area contributed by atoms with Crippen LogP contribution in [0.4, 0.5) is 13.2 Å². The van der Waals surface area contributed by atoms with Crippen LogP contribution in [-0.2, 0) is 4.79 Å². The van der Waals surface area contributed by atoms with Gasteiger partial charge in [-0.05, 0) is 42.2 Å². The molecule has 3 rings (SSSR count). The Labute approximate surface area is 170 Å². The fourth-order valence-electron chi connectivity index (χ4n) is 2.92. The number of rotatable bonds is 5. The maximum Gasteiger partial charge on any atom is 0.430 e. The molecular weight excluding hydrogens is 409 g/mol. The molecule has 4 nitrogen and oxygen atoms in total. The molecule has 1 heterocycles. The molecule has 0 spiro atoms. The summed E-state index contributed by atoms with van der Waals surface area (Å²) in [7, 11) is 0. The highest BCUT2D eigenvalue weighted by atomic mass is 35.5. The second-order valence-electron chi connectivity index (χ2n) is 6.75. The van der Waals surface area contributed by atoms with Crippen LogP contribution in [0.3, 0.4) is 0 Å². The quantitative estimate of drug-likeness (QED) is 0.598. The van der Waals surface area contributed by atoms with Crippen LogP contribution in [0.15, 0.2) is 42.0 Å². The molecule has 1 aliphatic rings. The Morgan fingerprint density at radius 2 is 1.93 bits per heavy atom. The standard InChI is InChI=1S/C21H18ClF3O4/c1-3-11(2)12-4-6-14(7-5-12)28-18-10-17-13(9-16(18)22)8-15(20(26)27)19(29-17)21(23,24)25/h4-11,19H,3H2,1-2H3,(H,26,27). The second-order valence-corrected chi connectivity index (χ2v) is 7.15. The third-order valence-corrected chi connectivity index (χ3v) is 5.03. The highest BCUT2D eigenvalue weighted by molar-refractivity contribution is 6.32. The Kier molecular flexibility index (Phi) is 5.80. The summed E-state index contributed by atoms with van der Waals surface area (Å²) in [5, 5.41) is 9.21. The zero-order valence-corrected chi connectivity index (χ0v) is 16.3. The molecule has 1 N–H and O–H groups in total. The van der Waals surface area contributed by atoms with Crippen LogP contribution in [0, 0.1) is 0 Å². The van der Waals surface area contributed by atoms with Crippen LogP contribution < -0.4 is 9.47 Å². The number of carboxylic acid groups (broad SMARTS) is 1. The van der Waals surface area contributed by atoms with E-state index in [2.05, 4.69) is 13.8 Å². The Morgan fingerprint density at radius 3 is 2.48 bits per heavy atom. The summed E-state index contributed by atoms with van der Waals surface area (Å²) < 4.78 is 50.3. The normalized spacial score (nSPS) is 17.0. The maximum absolute atomic E-state index is 13.2. The van der Waals surface area contributed by atoms with Crippen LogP contribution in [-0.4, -0.2) is 23.4 Å². The summed E-state index contributed by atoms with van der Waals surface area (Å²) in [4.78, 5) is 11.2. The van der Waals surface area contributed by atoms with Gasteiger partial charge in [0, 0.05) is 11.6 Å². The van der Waals surface area contributed by atoms with Gasteiger partial charge >= 0.3 is 12.1 Å². The number of fused-ring (bicyclic) bond motifs is 1. The lowest BCUT2D eigenvalue weighted by atomic mass is 9.99. The van der Waals surface area contributed by atoms with Crippen LogP contribution >= 0.6 is 11.6 Å². The van der Waals surface area contributed by atoms with E-state index in [1.54, 1.807) is 12.1 Å². The molecule has 2 atom stereocenters. The zero-order valence-electron chi connectivity index (χ0n) is 15.6.